The van der Waals surface area contributed by atoms with Gasteiger partial charge in [0.2, 0.25) is 0 Å². The lowest BCUT2D eigenvalue weighted by atomic mass is 9.91. The Hall–Kier alpha value is -2.36. The number of pyridine rings is 1. The largest absolute Gasteiger partial charge is 0.497 e. The summed E-state index contributed by atoms with van der Waals surface area (Å²) < 4.78 is 13.6. The van der Waals surface area contributed by atoms with E-state index in [1.807, 2.05) is 24.3 Å². The van der Waals surface area contributed by atoms with Gasteiger partial charge in [0.05, 0.1) is 31.1 Å². The molecule has 6 heteroatoms. The van der Waals surface area contributed by atoms with Crippen molar-refractivity contribution in [2.75, 3.05) is 12.8 Å². The van der Waals surface area contributed by atoms with Crippen LogP contribution in [0.15, 0.2) is 24.3 Å². The molecule has 0 aliphatic carbocycles. The Kier molecular flexibility index (Phi) is 4.80. The Morgan fingerprint density at radius 3 is 2.80 bits per heavy atom. The first-order valence-corrected chi connectivity index (χ1v) is 8.61. The van der Waals surface area contributed by atoms with Crippen molar-refractivity contribution in [2.24, 2.45) is 5.92 Å². The molecule has 0 radical (unpaired) electrons. The molecular formula is C19H21N3O2S. The van der Waals surface area contributed by atoms with Crippen LogP contribution in [-0.2, 0) is 17.8 Å². The predicted molar refractivity (Wildman–Crippen MR) is 99.4 cm³/mol. The number of hydrogen-bond acceptors (Lipinski definition) is 5. The fourth-order valence-electron chi connectivity index (χ4n) is 3.17. The van der Waals surface area contributed by atoms with E-state index >= 15 is 0 Å². The Morgan fingerprint density at radius 2 is 2.16 bits per heavy atom. The van der Waals surface area contributed by atoms with Crippen molar-refractivity contribution >= 4 is 18.0 Å². The molecule has 2 N–H and O–H groups in total. The third-order valence-electron chi connectivity index (χ3n) is 4.64. The normalized spacial score (nSPS) is 16.4. The van der Waals surface area contributed by atoms with Gasteiger partial charge in [0.25, 0.3) is 0 Å². The van der Waals surface area contributed by atoms with Crippen LogP contribution in [0.3, 0.4) is 0 Å². The van der Waals surface area contributed by atoms with Gasteiger partial charge in [0.1, 0.15) is 22.3 Å². The summed E-state index contributed by atoms with van der Waals surface area (Å²) in [5.41, 5.74) is 9.41. The standard InChI is InChI=1S/C19H21N3O2S/c1-11(2)17-8-14-15(9-20)18(21)22(19(25)16(14)10-24-17)12-5-4-6-13(7-12)23-3/h4-7,11,17H,8,10,21H2,1-3H3. The van der Waals surface area contributed by atoms with Crippen LogP contribution in [0.4, 0.5) is 5.82 Å². The van der Waals surface area contributed by atoms with E-state index in [-0.39, 0.29) is 6.10 Å². The third-order valence-corrected chi connectivity index (χ3v) is 5.07. The predicted octanol–water partition coefficient (Wildman–Crippen LogP) is 3.77. The molecule has 1 atom stereocenters. The van der Waals surface area contributed by atoms with Crippen molar-refractivity contribution < 1.29 is 9.47 Å². The van der Waals surface area contributed by atoms with Crippen LogP contribution < -0.4 is 10.5 Å². The number of aromatic nitrogens is 1. The number of nitrogens with zero attached hydrogens (tertiary/aromatic N) is 2. The highest BCUT2D eigenvalue weighted by molar-refractivity contribution is 7.71. The Balaban J connectivity index is 2.23. The highest BCUT2D eigenvalue weighted by Crippen LogP contribution is 2.33. The summed E-state index contributed by atoms with van der Waals surface area (Å²) >= 11 is 5.69. The van der Waals surface area contributed by atoms with Crippen molar-refractivity contribution in [1.29, 1.82) is 5.26 Å². The first-order valence-electron chi connectivity index (χ1n) is 8.20. The first-order chi connectivity index (χ1) is 12.0. The van der Waals surface area contributed by atoms with E-state index in [2.05, 4.69) is 19.9 Å². The molecule has 130 valence electrons. The molecule has 1 unspecified atom stereocenters. The molecule has 0 spiro atoms. The summed E-state index contributed by atoms with van der Waals surface area (Å²) in [6, 6.07) is 9.73. The van der Waals surface area contributed by atoms with Gasteiger partial charge >= 0.3 is 0 Å². The maximum absolute atomic E-state index is 9.72. The van der Waals surface area contributed by atoms with Crippen LogP contribution >= 0.6 is 12.2 Å². The number of anilines is 1. The summed E-state index contributed by atoms with van der Waals surface area (Å²) in [5.74, 6) is 1.43. The van der Waals surface area contributed by atoms with Gasteiger partial charge < -0.3 is 15.2 Å². The molecule has 5 nitrogen and oxygen atoms in total. The average molecular weight is 355 g/mol. The molecule has 1 aliphatic rings. The summed E-state index contributed by atoms with van der Waals surface area (Å²) in [7, 11) is 1.61. The van der Waals surface area contributed by atoms with E-state index in [1.54, 1.807) is 11.7 Å². The lowest BCUT2D eigenvalue weighted by Gasteiger charge is -2.30. The van der Waals surface area contributed by atoms with Gasteiger partial charge in [-0.1, -0.05) is 32.1 Å². The fraction of sp³-hybridized carbons (Fsp3) is 0.368. The Labute approximate surface area is 152 Å². The molecule has 0 amide bonds. The number of hydrogen-bond donors (Lipinski definition) is 1. The Bertz CT molecular complexity index is 912. The second kappa shape index (κ2) is 6.87. The highest BCUT2D eigenvalue weighted by Gasteiger charge is 2.28. The minimum atomic E-state index is 0.0704. The number of rotatable bonds is 3. The smallest absolute Gasteiger partial charge is 0.127 e. The van der Waals surface area contributed by atoms with Crippen molar-refractivity contribution in [3.63, 3.8) is 0 Å². The van der Waals surface area contributed by atoms with E-state index in [1.165, 1.54) is 0 Å². The van der Waals surface area contributed by atoms with E-state index < -0.39 is 0 Å². The molecule has 0 saturated carbocycles. The van der Waals surface area contributed by atoms with Gasteiger partial charge in [-0.3, -0.25) is 4.57 Å². The van der Waals surface area contributed by atoms with Crippen molar-refractivity contribution in [2.45, 2.75) is 33.0 Å². The molecule has 0 saturated heterocycles. The van der Waals surface area contributed by atoms with Crippen LogP contribution in [0.5, 0.6) is 5.75 Å². The summed E-state index contributed by atoms with van der Waals surface area (Å²) in [6.07, 6.45) is 0.726. The molecule has 1 aliphatic heterocycles. The second-order valence-corrected chi connectivity index (χ2v) is 6.86. The zero-order chi connectivity index (χ0) is 18.1. The fourth-order valence-corrected chi connectivity index (χ4v) is 3.56. The SMILES string of the molecule is COc1cccc(-n2c(N)c(C#N)c3c(c2=S)COC(C(C)C)C3)c1. The van der Waals surface area contributed by atoms with Crippen LogP contribution in [0.25, 0.3) is 5.69 Å². The van der Waals surface area contributed by atoms with Gasteiger partial charge in [-0.15, -0.1) is 0 Å². The molecule has 2 heterocycles. The Morgan fingerprint density at radius 1 is 1.40 bits per heavy atom. The molecular weight excluding hydrogens is 334 g/mol. The van der Waals surface area contributed by atoms with E-state index in [0.29, 0.717) is 40.7 Å². The lowest BCUT2D eigenvalue weighted by Crippen LogP contribution is -2.29. The third kappa shape index (κ3) is 3.01. The van der Waals surface area contributed by atoms with Crippen LogP contribution in [0, 0.1) is 21.9 Å². The number of benzene rings is 1. The minimum absolute atomic E-state index is 0.0704. The maximum atomic E-state index is 9.72. The van der Waals surface area contributed by atoms with E-state index in [4.69, 9.17) is 27.4 Å². The van der Waals surface area contributed by atoms with E-state index in [0.717, 1.165) is 16.8 Å². The average Bonchev–Trinajstić information content (AvgIpc) is 2.62. The van der Waals surface area contributed by atoms with Crippen molar-refractivity contribution in [3.8, 4) is 17.5 Å². The second-order valence-electron chi connectivity index (χ2n) is 6.47. The molecule has 1 aromatic heterocycles. The van der Waals surface area contributed by atoms with Crippen LogP contribution in [0.1, 0.15) is 30.5 Å². The number of methoxy groups -OCH3 is 1. The zero-order valence-electron chi connectivity index (χ0n) is 14.6. The monoisotopic (exact) mass is 355 g/mol. The van der Waals surface area contributed by atoms with E-state index in [9.17, 15) is 5.26 Å². The number of nitrogen functional groups attached to an aromatic ring is 1. The molecule has 25 heavy (non-hydrogen) atoms. The number of ether oxygens (including phenoxy) is 2. The summed E-state index contributed by atoms with van der Waals surface area (Å²) in [4.78, 5) is 0. The zero-order valence-corrected chi connectivity index (χ0v) is 15.4. The van der Waals surface area contributed by atoms with Gasteiger partial charge in [0.15, 0.2) is 0 Å². The number of nitriles is 1. The minimum Gasteiger partial charge on any atom is -0.497 e. The molecule has 3 rings (SSSR count). The van der Waals surface area contributed by atoms with Crippen LogP contribution in [-0.4, -0.2) is 17.8 Å². The molecule has 0 fully saturated rings. The molecule has 2 aromatic rings. The topological polar surface area (TPSA) is 73.2 Å². The lowest BCUT2D eigenvalue weighted by molar-refractivity contribution is -0.000853. The van der Waals surface area contributed by atoms with Crippen LogP contribution in [0.2, 0.25) is 0 Å². The molecule has 0 bridgehead atoms. The van der Waals surface area contributed by atoms with Gasteiger partial charge in [0, 0.05) is 18.1 Å². The van der Waals surface area contributed by atoms with Gasteiger partial charge in [-0.2, -0.15) is 5.26 Å². The quantitative estimate of drug-likeness (QED) is 0.849. The first kappa shape index (κ1) is 17.5. The van der Waals surface area contributed by atoms with Gasteiger partial charge in [-0.25, -0.2) is 0 Å². The van der Waals surface area contributed by atoms with Gasteiger partial charge in [-0.05, 0) is 23.6 Å². The molecule has 1 aromatic carbocycles. The summed E-state index contributed by atoms with van der Waals surface area (Å²) in [5, 5.41) is 9.72. The van der Waals surface area contributed by atoms with Crippen molar-refractivity contribution in [3.05, 3.63) is 45.6 Å². The number of nitrogens with two attached hydrogens (primary N) is 1. The highest BCUT2D eigenvalue weighted by atomic mass is 32.1. The summed E-state index contributed by atoms with van der Waals surface area (Å²) in [6.45, 7) is 4.62. The maximum Gasteiger partial charge on any atom is 0.127 e. The van der Waals surface area contributed by atoms with Crippen molar-refractivity contribution in [1.82, 2.24) is 4.57 Å². The number of fused-ring (bicyclic) bond motifs is 1.